The Balaban J connectivity index is 1.25. The third-order valence-electron chi connectivity index (χ3n) is 10.0. The SMILES string of the molecule is CCc1nc2c(-c3ccc([Si](c4ccccc4)(c4ccccc4)c4ccccc4)cc3)ccc3c2n1-c1ccccc1N3c1ccccc1. The second-order valence-electron chi connectivity index (χ2n) is 12.6. The van der Waals surface area contributed by atoms with Crippen LogP contribution >= 0.6 is 0 Å². The van der Waals surface area contributed by atoms with Gasteiger partial charge in [0.05, 0.1) is 28.1 Å². The molecular weight excluding hydrogens is 611 g/mol. The van der Waals surface area contributed by atoms with Crippen molar-refractivity contribution >= 4 is 56.9 Å². The first-order valence-electron chi connectivity index (χ1n) is 17.1. The van der Waals surface area contributed by atoms with Crippen LogP contribution in [0.1, 0.15) is 12.7 Å². The van der Waals surface area contributed by atoms with E-state index in [0.717, 1.165) is 51.6 Å². The summed E-state index contributed by atoms with van der Waals surface area (Å²) in [7, 11) is -2.61. The Morgan fingerprint density at radius 3 is 1.51 bits per heavy atom. The maximum absolute atomic E-state index is 5.37. The van der Waals surface area contributed by atoms with E-state index in [1.807, 2.05) is 0 Å². The van der Waals surface area contributed by atoms with Crippen LogP contribution in [0.15, 0.2) is 182 Å². The molecule has 0 bridgehead atoms. The summed E-state index contributed by atoms with van der Waals surface area (Å²) in [5.41, 5.74) is 9.13. The summed E-state index contributed by atoms with van der Waals surface area (Å²) in [6.45, 7) is 2.20. The van der Waals surface area contributed by atoms with E-state index in [9.17, 15) is 0 Å². The number of nitrogens with zero attached hydrogens (tertiary/aromatic N) is 3. The fourth-order valence-electron chi connectivity index (χ4n) is 7.91. The van der Waals surface area contributed by atoms with Crippen molar-refractivity contribution in [3.63, 3.8) is 0 Å². The van der Waals surface area contributed by atoms with Crippen LogP contribution in [0, 0.1) is 0 Å². The Morgan fingerprint density at radius 2 is 0.959 bits per heavy atom. The lowest BCUT2D eigenvalue weighted by Crippen LogP contribution is -2.74. The molecule has 1 aliphatic rings. The molecule has 8 aromatic rings. The van der Waals surface area contributed by atoms with Crippen LogP contribution in [0.2, 0.25) is 0 Å². The Bertz CT molecular complexity index is 2310. The van der Waals surface area contributed by atoms with Crippen molar-refractivity contribution in [2.24, 2.45) is 0 Å². The number of hydrogen-bond donors (Lipinski definition) is 0. The average Bonchev–Trinajstić information content (AvgIpc) is 3.58. The first kappa shape index (κ1) is 29.2. The lowest BCUT2D eigenvalue weighted by Gasteiger charge is -2.34. The van der Waals surface area contributed by atoms with E-state index in [1.54, 1.807) is 0 Å². The molecule has 1 aliphatic heterocycles. The molecular formula is C45H35N3Si. The van der Waals surface area contributed by atoms with Gasteiger partial charge >= 0.3 is 0 Å². The van der Waals surface area contributed by atoms with E-state index in [4.69, 9.17) is 4.98 Å². The molecule has 0 N–H and O–H groups in total. The van der Waals surface area contributed by atoms with Gasteiger partial charge in [0.2, 0.25) is 0 Å². The molecule has 2 heterocycles. The Hall–Kier alpha value is -5.97. The van der Waals surface area contributed by atoms with Crippen molar-refractivity contribution in [3.8, 4) is 16.8 Å². The molecule has 0 fully saturated rings. The average molecular weight is 646 g/mol. The fraction of sp³-hybridized carbons (Fsp3) is 0.0444. The van der Waals surface area contributed by atoms with Gasteiger partial charge in [0, 0.05) is 17.7 Å². The van der Waals surface area contributed by atoms with Gasteiger partial charge in [0.1, 0.15) is 5.82 Å². The summed E-state index contributed by atoms with van der Waals surface area (Å²) < 4.78 is 2.38. The first-order valence-corrected chi connectivity index (χ1v) is 19.1. The molecule has 0 radical (unpaired) electrons. The quantitative estimate of drug-likeness (QED) is 0.128. The maximum atomic E-state index is 5.37. The Morgan fingerprint density at radius 1 is 0.469 bits per heavy atom. The third-order valence-corrected chi connectivity index (χ3v) is 14.8. The van der Waals surface area contributed by atoms with E-state index in [2.05, 4.69) is 198 Å². The van der Waals surface area contributed by atoms with Gasteiger partial charge < -0.3 is 4.90 Å². The zero-order chi connectivity index (χ0) is 32.8. The fourth-order valence-corrected chi connectivity index (χ4v) is 12.7. The molecule has 7 aromatic carbocycles. The van der Waals surface area contributed by atoms with E-state index in [1.165, 1.54) is 26.3 Å². The predicted molar refractivity (Wildman–Crippen MR) is 208 cm³/mol. The minimum Gasteiger partial charge on any atom is -0.306 e. The number of hydrogen-bond acceptors (Lipinski definition) is 2. The lowest BCUT2D eigenvalue weighted by molar-refractivity contribution is 0.900. The van der Waals surface area contributed by atoms with Crippen molar-refractivity contribution < 1.29 is 0 Å². The molecule has 0 saturated heterocycles. The molecule has 1 aromatic heterocycles. The summed E-state index contributed by atoms with van der Waals surface area (Å²) in [4.78, 5) is 7.75. The molecule has 0 spiro atoms. The van der Waals surface area contributed by atoms with Crippen molar-refractivity contribution in [1.82, 2.24) is 9.55 Å². The lowest BCUT2D eigenvalue weighted by atomic mass is 10.0. The zero-order valence-corrected chi connectivity index (χ0v) is 28.4. The summed E-state index contributed by atoms with van der Waals surface area (Å²) in [5, 5.41) is 5.48. The van der Waals surface area contributed by atoms with Crippen molar-refractivity contribution in [1.29, 1.82) is 0 Å². The van der Waals surface area contributed by atoms with Gasteiger partial charge in [-0.1, -0.05) is 153 Å². The van der Waals surface area contributed by atoms with Gasteiger partial charge in [-0.25, -0.2) is 4.98 Å². The Labute approximate surface area is 288 Å². The predicted octanol–water partition coefficient (Wildman–Crippen LogP) is 8.42. The minimum atomic E-state index is -2.61. The van der Waals surface area contributed by atoms with Gasteiger partial charge in [-0.2, -0.15) is 0 Å². The summed E-state index contributed by atoms with van der Waals surface area (Å²) >= 11 is 0. The van der Waals surface area contributed by atoms with Crippen LogP contribution in [0.5, 0.6) is 0 Å². The normalized spacial score (nSPS) is 12.2. The van der Waals surface area contributed by atoms with Crippen LogP contribution in [-0.4, -0.2) is 17.6 Å². The highest BCUT2D eigenvalue weighted by molar-refractivity contribution is 7.19. The molecule has 0 unspecified atom stereocenters. The smallest absolute Gasteiger partial charge is 0.179 e. The molecule has 9 rings (SSSR count). The number of anilines is 3. The van der Waals surface area contributed by atoms with Crippen LogP contribution in [-0.2, 0) is 6.42 Å². The van der Waals surface area contributed by atoms with Gasteiger partial charge in [-0.05, 0) is 62.7 Å². The van der Waals surface area contributed by atoms with E-state index in [0.29, 0.717) is 0 Å². The van der Waals surface area contributed by atoms with E-state index < -0.39 is 8.07 Å². The second kappa shape index (κ2) is 11.9. The summed E-state index contributed by atoms with van der Waals surface area (Å²) in [6.07, 6.45) is 0.839. The molecule has 0 aliphatic carbocycles. The highest BCUT2D eigenvalue weighted by atomic mass is 28.3. The van der Waals surface area contributed by atoms with Crippen LogP contribution in [0.25, 0.3) is 27.8 Å². The largest absolute Gasteiger partial charge is 0.306 e. The molecule has 234 valence electrons. The number of benzene rings is 7. The number of aromatic nitrogens is 2. The molecule has 0 saturated carbocycles. The molecule has 4 heteroatoms. The third kappa shape index (κ3) is 4.52. The van der Waals surface area contributed by atoms with Crippen LogP contribution in [0.3, 0.4) is 0 Å². The number of imidazole rings is 1. The van der Waals surface area contributed by atoms with Gasteiger partial charge in [-0.15, -0.1) is 0 Å². The van der Waals surface area contributed by atoms with Crippen LogP contribution < -0.4 is 25.6 Å². The van der Waals surface area contributed by atoms with Crippen LogP contribution in [0.4, 0.5) is 17.1 Å². The topological polar surface area (TPSA) is 21.1 Å². The van der Waals surface area contributed by atoms with E-state index in [-0.39, 0.29) is 0 Å². The minimum absolute atomic E-state index is 0.839. The Kier molecular flexibility index (Phi) is 7.10. The molecule has 0 amide bonds. The maximum Gasteiger partial charge on any atom is 0.179 e. The monoisotopic (exact) mass is 645 g/mol. The summed E-state index contributed by atoms with van der Waals surface area (Å²) in [5.74, 6) is 1.07. The molecule has 3 nitrogen and oxygen atoms in total. The van der Waals surface area contributed by atoms with E-state index >= 15 is 0 Å². The van der Waals surface area contributed by atoms with Gasteiger partial charge in [-0.3, -0.25) is 4.57 Å². The molecule has 0 atom stereocenters. The first-order chi connectivity index (χ1) is 24.3. The van der Waals surface area contributed by atoms with Gasteiger partial charge in [0.15, 0.2) is 8.07 Å². The van der Waals surface area contributed by atoms with Crippen molar-refractivity contribution in [3.05, 3.63) is 188 Å². The highest BCUT2D eigenvalue weighted by Gasteiger charge is 2.41. The summed E-state index contributed by atoms with van der Waals surface area (Å²) in [6, 6.07) is 66.6. The van der Waals surface area contributed by atoms with Crippen molar-refractivity contribution in [2.75, 3.05) is 4.90 Å². The number of rotatable bonds is 7. The number of para-hydroxylation sites is 3. The molecule has 49 heavy (non-hydrogen) atoms. The second-order valence-corrected chi connectivity index (χ2v) is 16.4. The van der Waals surface area contributed by atoms with Crippen molar-refractivity contribution in [2.45, 2.75) is 13.3 Å². The number of aryl methyl sites for hydroxylation is 1. The van der Waals surface area contributed by atoms with Gasteiger partial charge in [0.25, 0.3) is 0 Å². The standard InChI is InChI=1S/C45H35N3Si/c1-2-43-46-44-39(31-32-42-45(44)48(43)41-26-16-15-25-40(41)47(42)34-17-7-3-8-18-34)33-27-29-38(30-28-33)49(35-19-9-4-10-20-35,36-21-11-5-12-22-36)37-23-13-6-14-24-37/h3-32H,2H2,1H3. The highest BCUT2D eigenvalue weighted by Crippen LogP contribution is 2.48. The zero-order valence-electron chi connectivity index (χ0n) is 27.4. The number of fused-ring (bicyclic) bond motifs is 2.